The normalized spacial score (nSPS) is 11.8. The average Bonchev–Trinajstić information content (AvgIpc) is 3.09. The van der Waals surface area contributed by atoms with Gasteiger partial charge in [0.1, 0.15) is 6.61 Å². The lowest BCUT2D eigenvalue weighted by Crippen LogP contribution is -2.26. The Kier molecular flexibility index (Phi) is 5.83. The number of alkyl carbamates (subject to hydrolysis) is 1. The summed E-state index contributed by atoms with van der Waals surface area (Å²) < 4.78 is 5.50. The van der Waals surface area contributed by atoms with Crippen molar-refractivity contribution in [2.45, 2.75) is 19.4 Å². The highest BCUT2D eigenvalue weighted by molar-refractivity contribution is 5.79. The van der Waals surface area contributed by atoms with Gasteiger partial charge in [-0.05, 0) is 52.4 Å². The van der Waals surface area contributed by atoms with Crippen LogP contribution in [0.2, 0.25) is 0 Å². The summed E-state index contributed by atoms with van der Waals surface area (Å²) in [6.45, 7) is 2.45. The summed E-state index contributed by atoms with van der Waals surface area (Å²) in [5.41, 5.74) is 7.51. The van der Waals surface area contributed by atoms with Crippen molar-refractivity contribution < 1.29 is 14.6 Å². The lowest BCUT2D eigenvalue weighted by molar-refractivity contribution is 0.144. The number of rotatable bonds is 4. The maximum Gasteiger partial charge on any atom is 0.407 e. The SMILES string of the molecule is Cc1cc(C#CCNC(=O)OCC2c3ccccc3-c3ccccc32)ccc1CO. The summed E-state index contributed by atoms with van der Waals surface area (Å²) in [6.07, 6.45) is -0.474. The number of hydrogen-bond donors (Lipinski definition) is 2. The van der Waals surface area contributed by atoms with Gasteiger partial charge in [-0.2, -0.15) is 0 Å². The average molecular weight is 397 g/mol. The number of carbonyl (C=O) groups excluding carboxylic acids is 1. The molecule has 150 valence electrons. The number of carbonyl (C=O) groups is 1. The van der Waals surface area contributed by atoms with E-state index in [1.165, 1.54) is 22.3 Å². The van der Waals surface area contributed by atoms with Gasteiger partial charge in [0.2, 0.25) is 0 Å². The minimum Gasteiger partial charge on any atom is -0.449 e. The maximum atomic E-state index is 12.1. The fourth-order valence-corrected chi connectivity index (χ4v) is 3.86. The van der Waals surface area contributed by atoms with Crippen LogP contribution in [0.3, 0.4) is 0 Å². The Morgan fingerprint density at radius 3 is 2.33 bits per heavy atom. The first-order valence-electron chi connectivity index (χ1n) is 9.95. The van der Waals surface area contributed by atoms with Crippen molar-refractivity contribution in [3.05, 3.63) is 94.5 Å². The Hall–Kier alpha value is -3.55. The predicted octanol–water partition coefficient (Wildman–Crippen LogP) is 4.38. The van der Waals surface area contributed by atoms with E-state index in [1.807, 2.05) is 49.4 Å². The molecule has 0 saturated carbocycles. The fraction of sp³-hybridized carbons (Fsp3) is 0.192. The lowest BCUT2D eigenvalue weighted by atomic mass is 9.98. The Morgan fingerprint density at radius 2 is 1.70 bits per heavy atom. The molecule has 0 heterocycles. The molecule has 3 aromatic carbocycles. The van der Waals surface area contributed by atoms with Crippen LogP contribution in [-0.4, -0.2) is 24.4 Å². The zero-order chi connectivity index (χ0) is 20.9. The molecular weight excluding hydrogens is 374 g/mol. The van der Waals surface area contributed by atoms with Crippen molar-refractivity contribution in [3.8, 4) is 23.0 Å². The van der Waals surface area contributed by atoms with Crippen molar-refractivity contribution in [1.29, 1.82) is 0 Å². The van der Waals surface area contributed by atoms with Crippen molar-refractivity contribution in [2.75, 3.05) is 13.2 Å². The standard InChI is InChI=1S/C26H23NO3/c1-18-15-19(12-13-20(18)16-28)7-6-14-27-26(29)30-17-25-23-10-4-2-8-21(23)22-9-3-5-11-24(22)25/h2-5,8-13,15,25,28H,14,16-17H2,1H3,(H,27,29). The highest BCUT2D eigenvalue weighted by atomic mass is 16.5. The molecule has 0 fully saturated rings. The van der Waals surface area contributed by atoms with Gasteiger partial charge in [0.15, 0.2) is 0 Å². The smallest absolute Gasteiger partial charge is 0.407 e. The van der Waals surface area contributed by atoms with Crippen molar-refractivity contribution >= 4 is 6.09 Å². The Balaban J connectivity index is 1.33. The van der Waals surface area contributed by atoms with Crippen LogP contribution in [0.15, 0.2) is 66.7 Å². The third kappa shape index (κ3) is 4.07. The van der Waals surface area contributed by atoms with E-state index in [9.17, 15) is 9.90 Å². The largest absolute Gasteiger partial charge is 0.449 e. The first-order valence-corrected chi connectivity index (χ1v) is 9.95. The minimum absolute atomic E-state index is 0.0167. The third-order valence-corrected chi connectivity index (χ3v) is 5.41. The van der Waals surface area contributed by atoms with Crippen molar-refractivity contribution in [2.24, 2.45) is 0 Å². The molecular formula is C26H23NO3. The molecule has 4 heteroatoms. The number of hydrogen-bond acceptors (Lipinski definition) is 3. The maximum absolute atomic E-state index is 12.1. The highest BCUT2D eigenvalue weighted by Crippen LogP contribution is 2.44. The fourth-order valence-electron chi connectivity index (χ4n) is 3.86. The number of nitrogens with one attached hydrogen (secondary N) is 1. The molecule has 4 rings (SSSR count). The first-order chi connectivity index (χ1) is 14.7. The number of aliphatic hydroxyl groups excluding tert-OH is 1. The zero-order valence-electron chi connectivity index (χ0n) is 16.8. The minimum atomic E-state index is -0.474. The molecule has 3 aromatic rings. The topological polar surface area (TPSA) is 58.6 Å². The van der Waals surface area contributed by atoms with E-state index < -0.39 is 6.09 Å². The van der Waals surface area contributed by atoms with Crippen LogP contribution in [0.4, 0.5) is 4.79 Å². The van der Waals surface area contributed by atoms with Gasteiger partial charge in [0, 0.05) is 11.5 Å². The Bertz CT molecular complexity index is 1090. The van der Waals surface area contributed by atoms with Gasteiger partial charge < -0.3 is 15.2 Å². The molecule has 4 nitrogen and oxygen atoms in total. The lowest BCUT2D eigenvalue weighted by Gasteiger charge is -2.14. The number of benzene rings is 3. The van der Waals surface area contributed by atoms with Crippen LogP contribution in [0, 0.1) is 18.8 Å². The Labute approximate surface area is 176 Å². The van der Waals surface area contributed by atoms with E-state index >= 15 is 0 Å². The van der Waals surface area contributed by atoms with Gasteiger partial charge in [0.25, 0.3) is 0 Å². The van der Waals surface area contributed by atoms with Gasteiger partial charge in [-0.3, -0.25) is 0 Å². The van der Waals surface area contributed by atoms with Gasteiger partial charge >= 0.3 is 6.09 Å². The molecule has 0 aromatic heterocycles. The molecule has 0 spiro atoms. The molecule has 2 N–H and O–H groups in total. The molecule has 0 bridgehead atoms. The van der Waals surface area contributed by atoms with Crippen LogP contribution >= 0.6 is 0 Å². The number of aliphatic hydroxyl groups is 1. The molecule has 1 amide bonds. The van der Waals surface area contributed by atoms with Crippen LogP contribution in [0.1, 0.15) is 33.7 Å². The van der Waals surface area contributed by atoms with Gasteiger partial charge in [-0.15, -0.1) is 0 Å². The second-order valence-electron chi connectivity index (χ2n) is 7.28. The number of aryl methyl sites for hydroxylation is 1. The van der Waals surface area contributed by atoms with Gasteiger partial charge in [-0.25, -0.2) is 4.79 Å². The zero-order valence-corrected chi connectivity index (χ0v) is 16.8. The molecule has 0 atom stereocenters. The molecule has 0 saturated heterocycles. The first kappa shape index (κ1) is 19.8. The summed E-state index contributed by atoms with van der Waals surface area (Å²) >= 11 is 0. The van der Waals surface area contributed by atoms with Gasteiger partial charge in [-0.1, -0.05) is 66.4 Å². The highest BCUT2D eigenvalue weighted by Gasteiger charge is 2.28. The van der Waals surface area contributed by atoms with Crippen LogP contribution in [0.5, 0.6) is 0 Å². The van der Waals surface area contributed by atoms with Crippen LogP contribution in [-0.2, 0) is 11.3 Å². The van der Waals surface area contributed by atoms with E-state index in [2.05, 4.69) is 41.4 Å². The molecule has 0 unspecified atom stereocenters. The van der Waals surface area contributed by atoms with E-state index in [0.29, 0.717) is 0 Å². The molecule has 0 radical (unpaired) electrons. The quantitative estimate of drug-likeness (QED) is 0.643. The molecule has 1 aliphatic rings. The van der Waals surface area contributed by atoms with E-state index in [0.717, 1.165) is 16.7 Å². The summed E-state index contributed by atoms with van der Waals surface area (Å²) in [6, 6.07) is 22.1. The third-order valence-electron chi connectivity index (χ3n) is 5.41. The second kappa shape index (κ2) is 8.86. The monoisotopic (exact) mass is 397 g/mol. The van der Waals surface area contributed by atoms with Gasteiger partial charge in [0.05, 0.1) is 13.2 Å². The molecule has 0 aliphatic heterocycles. The number of fused-ring (bicyclic) bond motifs is 3. The van der Waals surface area contributed by atoms with Crippen LogP contribution < -0.4 is 5.32 Å². The number of ether oxygens (including phenoxy) is 1. The Morgan fingerprint density at radius 1 is 1.03 bits per heavy atom. The summed E-state index contributed by atoms with van der Waals surface area (Å²) in [4.78, 5) is 12.1. The van der Waals surface area contributed by atoms with Crippen LogP contribution in [0.25, 0.3) is 11.1 Å². The van der Waals surface area contributed by atoms with E-state index in [4.69, 9.17) is 4.74 Å². The second-order valence-corrected chi connectivity index (χ2v) is 7.28. The van der Waals surface area contributed by atoms with E-state index in [-0.39, 0.29) is 25.7 Å². The summed E-state index contributed by atoms with van der Waals surface area (Å²) in [7, 11) is 0. The summed E-state index contributed by atoms with van der Waals surface area (Å²) in [5, 5.41) is 11.9. The molecule has 30 heavy (non-hydrogen) atoms. The van der Waals surface area contributed by atoms with Crippen molar-refractivity contribution in [3.63, 3.8) is 0 Å². The molecule has 1 aliphatic carbocycles. The predicted molar refractivity (Wildman–Crippen MR) is 117 cm³/mol. The number of amides is 1. The van der Waals surface area contributed by atoms with Crippen molar-refractivity contribution in [1.82, 2.24) is 5.32 Å². The van der Waals surface area contributed by atoms with E-state index in [1.54, 1.807) is 0 Å². The summed E-state index contributed by atoms with van der Waals surface area (Å²) in [5.74, 6) is 5.99.